The number of rotatable bonds is 7. The lowest BCUT2D eigenvalue weighted by Crippen LogP contribution is -2.70. The number of β-lactam (4-membered cyclic amide) rings is 1. The van der Waals surface area contributed by atoms with Gasteiger partial charge in [-0.2, -0.15) is 0 Å². The second kappa shape index (κ2) is 9.84. The van der Waals surface area contributed by atoms with Crippen LogP contribution in [0.1, 0.15) is 21.5 Å². The monoisotopic (exact) mass is 482 g/mol. The van der Waals surface area contributed by atoms with Crippen LogP contribution in [0, 0.1) is 6.92 Å². The van der Waals surface area contributed by atoms with Gasteiger partial charge in [-0.3, -0.25) is 19.3 Å². The van der Waals surface area contributed by atoms with Gasteiger partial charge in [0.15, 0.2) is 0 Å². The Morgan fingerprint density at radius 2 is 1.82 bits per heavy atom. The van der Waals surface area contributed by atoms with Gasteiger partial charge in [0.05, 0.1) is 6.42 Å². The Balaban J connectivity index is 1.41. The van der Waals surface area contributed by atoms with Crippen molar-refractivity contribution in [1.82, 2.24) is 10.2 Å². The van der Waals surface area contributed by atoms with E-state index in [0.717, 1.165) is 22.9 Å². The molecule has 2 atom stereocenters. The quantitative estimate of drug-likeness (QED) is 0.585. The number of carboxylic acids is 1. The molecule has 1 fully saturated rings. The van der Waals surface area contributed by atoms with Gasteiger partial charge in [-0.15, -0.1) is 11.8 Å². The van der Waals surface area contributed by atoms with Gasteiger partial charge >= 0.3 is 5.97 Å². The SMILES string of the molecule is Cc1ccc(CC(=O)NC2C(=O)N3C(C(=O)O)=C(CSC(=O)c4ccccc4)CSC23)cc1. The van der Waals surface area contributed by atoms with Crippen molar-refractivity contribution in [3.05, 3.63) is 82.6 Å². The summed E-state index contributed by atoms with van der Waals surface area (Å²) in [6.45, 7) is 1.96. The van der Waals surface area contributed by atoms with Crippen molar-refractivity contribution in [3.63, 3.8) is 0 Å². The Kier molecular flexibility index (Phi) is 6.90. The summed E-state index contributed by atoms with van der Waals surface area (Å²) in [6, 6.07) is 15.6. The summed E-state index contributed by atoms with van der Waals surface area (Å²) in [5.74, 6) is -1.38. The smallest absolute Gasteiger partial charge is 0.352 e. The fourth-order valence-electron chi connectivity index (χ4n) is 3.72. The third-order valence-electron chi connectivity index (χ3n) is 5.44. The predicted octanol–water partition coefficient (Wildman–Crippen LogP) is 2.85. The minimum atomic E-state index is -1.21. The van der Waals surface area contributed by atoms with E-state index in [-0.39, 0.29) is 28.9 Å². The minimum Gasteiger partial charge on any atom is -0.477 e. The molecule has 4 rings (SSSR count). The highest BCUT2D eigenvalue weighted by atomic mass is 32.2. The third kappa shape index (κ3) is 4.99. The third-order valence-corrected chi connectivity index (χ3v) is 7.77. The highest BCUT2D eigenvalue weighted by Crippen LogP contribution is 2.41. The summed E-state index contributed by atoms with van der Waals surface area (Å²) in [5.41, 5.74) is 2.91. The van der Waals surface area contributed by atoms with Gasteiger partial charge in [-0.05, 0) is 18.1 Å². The zero-order valence-electron chi connectivity index (χ0n) is 17.8. The molecule has 2 N–H and O–H groups in total. The molecule has 0 aliphatic carbocycles. The summed E-state index contributed by atoms with van der Waals surface area (Å²) in [4.78, 5) is 50.8. The number of carbonyl (C=O) groups excluding carboxylic acids is 3. The number of nitrogens with one attached hydrogen (secondary N) is 1. The number of hydrogen-bond donors (Lipinski definition) is 2. The molecule has 2 heterocycles. The van der Waals surface area contributed by atoms with E-state index in [1.165, 1.54) is 16.7 Å². The van der Waals surface area contributed by atoms with Crippen LogP contribution in [-0.4, -0.2) is 55.8 Å². The maximum absolute atomic E-state index is 12.8. The van der Waals surface area contributed by atoms with E-state index in [1.54, 1.807) is 24.3 Å². The van der Waals surface area contributed by atoms with Gasteiger partial charge in [0, 0.05) is 17.1 Å². The summed E-state index contributed by atoms with van der Waals surface area (Å²) in [5, 5.41) is 11.9. The maximum atomic E-state index is 12.8. The molecule has 2 aliphatic rings. The van der Waals surface area contributed by atoms with Gasteiger partial charge < -0.3 is 10.4 Å². The van der Waals surface area contributed by atoms with Crippen LogP contribution in [0.15, 0.2) is 65.9 Å². The molecule has 0 radical (unpaired) electrons. The second-order valence-corrected chi connectivity index (χ2v) is 9.87. The Labute approximate surface area is 199 Å². The van der Waals surface area contributed by atoms with E-state index in [2.05, 4.69) is 5.32 Å². The number of thioether (sulfide) groups is 2. The summed E-state index contributed by atoms with van der Waals surface area (Å²) < 4.78 is 0. The largest absolute Gasteiger partial charge is 0.477 e. The number of carboxylic acid groups (broad SMARTS) is 1. The number of aliphatic carboxylic acids is 1. The Bertz CT molecular complexity index is 1130. The van der Waals surface area contributed by atoms with Gasteiger partial charge in [-0.25, -0.2) is 4.79 Å². The summed E-state index contributed by atoms with van der Waals surface area (Å²) in [7, 11) is 0. The number of carbonyl (C=O) groups is 4. The molecular formula is C24H22N2O5S2. The molecular weight excluding hydrogens is 460 g/mol. The fourth-order valence-corrected chi connectivity index (χ4v) is 6.04. The lowest BCUT2D eigenvalue weighted by molar-refractivity contribution is -0.150. The lowest BCUT2D eigenvalue weighted by atomic mass is 10.0. The van der Waals surface area contributed by atoms with Crippen molar-refractivity contribution in [1.29, 1.82) is 0 Å². The first-order chi connectivity index (χ1) is 15.8. The summed E-state index contributed by atoms with van der Waals surface area (Å²) >= 11 is 2.41. The van der Waals surface area contributed by atoms with E-state index < -0.39 is 23.3 Å². The molecule has 9 heteroatoms. The number of hydrogen-bond acceptors (Lipinski definition) is 6. The maximum Gasteiger partial charge on any atom is 0.352 e. The molecule has 0 bridgehead atoms. The van der Waals surface area contributed by atoms with Gasteiger partial charge in [0.25, 0.3) is 5.91 Å². The fraction of sp³-hybridized carbons (Fsp3) is 0.250. The topological polar surface area (TPSA) is 104 Å². The van der Waals surface area contributed by atoms with Crippen LogP contribution in [0.4, 0.5) is 0 Å². The Hall–Kier alpha value is -3.04. The van der Waals surface area contributed by atoms with Gasteiger partial charge in [0.2, 0.25) is 11.0 Å². The average molecular weight is 483 g/mol. The molecule has 0 saturated carbocycles. The first kappa shape index (κ1) is 23.1. The molecule has 33 heavy (non-hydrogen) atoms. The number of aryl methyl sites for hydroxylation is 1. The molecule has 2 aliphatic heterocycles. The van der Waals surface area contributed by atoms with Gasteiger partial charge in [-0.1, -0.05) is 71.9 Å². The number of amides is 2. The number of fused-ring (bicyclic) bond motifs is 1. The van der Waals surface area contributed by atoms with Crippen molar-refractivity contribution < 1.29 is 24.3 Å². The molecule has 1 saturated heterocycles. The van der Waals surface area contributed by atoms with Crippen LogP contribution < -0.4 is 5.32 Å². The molecule has 2 unspecified atom stereocenters. The first-order valence-corrected chi connectivity index (χ1v) is 12.4. The normalized spacial score (nSPS) is 19.5. The molecule has 0 spiro atoms. The predicted molar refractivity (Wildman–Crippen MR) is 128 cm³/mol. The first-order valence-electron chi connectivity index (χ1n) is 10.3. The van der Waals surface area contributed by atoms with Crippen LogP contribution in [-0.2, 0) is 20.8 Å². The van der Waals surface area contributed by atoms with E-state index in [1.807, 2.05) is 37.3 Å². The minimum absolute atomic E-state index is 0.0823. The zero-order valence-corrected chi connectivity index (χ0v) is 19.4. The van der Waals surface area contributed by atoms with Crippen LogP contribution in [0.5, 0.6) is 0 Å². The number of benzene rings is 2. The molecule has 0 aromatic heterocycles. The van der Waals surface area contributed by atoms with Crippen molar-refractivity contribution in [2.75, 3.05) is 11.5 Å². The van der Waals surface area contributed by atoms with E-state index in [4.69, 9.17) is 0 Å². The van der Waals surface area contributed by atoms with E-state index >= 15 is 0 Å². The lowest BCUT2D eigenvalue weighted by Gasteiger charge is -2.49. The van der Waals surface area contributed by atoms with E-state index in [9.17, 15) is 24.3 Å². The molecule has 2 aromatic rings. The Morgan fingerprint density at radius 1 is 1.12 bits per heavy atom. The van der Waals surface area contributed by atoms with Crippen molar-refractivity contribution >= 4 is 46.4 Å². The molecule has 170 valence electrons. The van der Waals surface area contributed by atoms with Crippen molar-refractivity contribution in [3.8, 4) is 0 Å². The van der Waals surface area contributed by atoms with Gasteiger partial charge in [0.1, 0.15) is 17.1 Å². The second-order valence-electron chi connectivity index (χ2n) is 7.82. The van der Waals surface area contributed by atoms with Crippen LogP contribution in [0.25, 0.3) is 0 Å². The van der Waals surface area contributed by atoms with Crippen LogP contribution >= 0.6 is 23.5 Å². The Morgan fingerprint density at radius 3 is 2.48 bits per heavy atom. The number of nitrogens with zero attached hydrogens (tertiary/aromatic N) is 1. The van der Waals surface area contributed by atoms with E-state index in [0.29, 0.717) is 16.9 Å². The highest BCUT2D eigenvalue weighted by Gasteiger charge is 2.54. The van der Waals surface area contributed by atoms with Crippen molar-refractivity contribution in [2.45, 2.75) is 24.8 Å². The zero-order chi connectivity index (χ0) is 23.5. The highest BCUT2D eigenvalue weighted by molar-refractivity contribution is 8.14. The molecule has 2 aromatic carbocycles. The standard InChI is InChI=1S/C24H22N2O5S2/c1-14-7-9-15(10-8-14)11-18(27)25-19-21(28)26-20(23(29)30)17(12-32-22(19)26)13-33-24(31)16-5-3-2-4-6-16/h2-10,19,22H,11-13H2,1H3,(H,25,27)(H,29,30). The average Bonchev–Trinajstić information content (AvgIpc) is 2.82. The molecule has 2 amide bonds. The molecule has 7 nitrogen and oxygen atoms in total. The summed E-state index contributed by atoms with van der Waals surface area (Å²) in [6.07, 6.45) is 0.145. The van der Waals surface area contributed by atoms with Crippen LogP contribution in [0.3, 0.4) is 0 Å². The van der Waals surface area contributed by atoms with Crippen LogP contribution in [0.2, 0.25) is 0 Å². The van der Waals surface area contributed by atoms with Crippen molar-refractivity contribution in [2.24, 2.45) is 0 Å².